The second-order valence-corrected chi connectivity index (χ2v) is 3.36. The van der Waals surface area contributed by atoms with E-state index in [0.717, 1.165) is 5.69 Å². The molecule has 0 aliphatic heterocycles. The molecule has 0 aliphatic carbocycles. The van der Waals surface area contributed by atoms with Crippen LogP contribution in [0.25, 0.3) is 0 Å². The van der Waals surface area contributed by atoms with Crippen LogP contribution in [0.3, 0.4) is 0 Å². The van der Waals surface area contributed by atoms with E-state index in [9.17, 15) is 0 Å². The molecule has 0 aromatic heterocycles. The number of hydrazine groups is 1. The largest absolute Gasteiger partial charge is 0.314 e. The summed E-state index contributed by atoms with van der Waals surface area (Å²) >= 11 is 0. The van der Waals surface area contributed by atoms with E-state index in [0.29, 0.717) is 5.92 Å². The lowest BCUT2D eigenvalue weighted by Gasteiger charge is -2.13. The highest BCUT2D eigenvalue weighted by molar-refractivity contribution is 5.45. The molecule has 0 bridgehead atoms. The Labute approximate surface area is 74.0 Å². The van der Waals surface area contributed by atoms with E-state index in [1.54, 1.807) is 5.01 Å². The predicted octanol–water partition coefficient (Wildman–Crippen LogP) is 2.12. The van der Waals surface area contributed by atoms with Gasteiger partial charge in [0.15, 0.2) is 0 Å². The fourth-order valence-corrected chi connectivity index (χ4v) is 1.09. The second-order valence-electron chi connectivity index (χ2n) is 3.36. The fraction of sp³-hybridized carbons (Fsp3) is 0.400. The van der Waals surface area contributed by atoms with Crippen LogP contribution in [0, 0.1) is 0 Å². The predicted molar refractivity (Wildman–Crippen MR) is 53.1 cm³/mol. The minimum absolute atomic E-state index is 0.585. The monoisotopic (exact) mass is 164 g/mol. The standard InChI is InChI=1S/C10H16N2/c1-8(2)9-4-6-10(7-5-9)12(3)11/h4-8H,11H2,1-3H3. The number of nitrogens with two attached hydrogens (primary N) is 1. The van der Waals surface area contributed by atoms with Crippen molar-refractivity contribution in [3.05, 3.63) is 29.8 Å². The maximum Gasteiger partial charge on any atom is 0.0514 e. The van der Waals surface area contributed by atoms with Crippen LogP contribution in [0.2, 0.25) is 0 Å². The molecule has 2 nitrogen and oxygen atoms in total. The van der Waals surface area contributed by atoms with Crippen LogP contribution in [0.1, 0.15) is 25.3 Å². The number of anilines is 1. The molecular formula is C10H16N2. The van der Waals surface area contributed by atoms with Gasteiger partial charge >= 0.3 is 0 Å². The van der Waals surface area contributed by atoms with E-state index < -0.39 is 0 Å². The average Bonchev–Trinajstić information content (AvgIpc) is 2.04. The van der Waals surface area contributed by atoms with Crippen LogP contribution in [-0.4, -0.2) is 7.05 Å². The third-order valence-corrected chi connectivity index (χ3v) is 1.97. The zero-order valence-corrected chi connectivity index (χ0v) is 7.91. The van der Waals surface area contributed by atoms with Crippen molar-refractivity contribution in [3.63, 3.8) is 0 Å². The van der Waals surface area contributed by atoms with E-state index in [4.69, 9.17) is 5.84 Å². The summed E-state index contributed by atoms with van der Waals surface area (Å²) in [6, 6.07) is 8.30. The Morgan fingerprint density at radius 2 is 1.67 bits per heavy atom. The SMILES string of the molecule is CC(C)c1ccc(N(C)N)cc1. The van der Waals surface area contributed by atoms with Crippen molar-refractivity contribution in [1.29, 1.82) is 0 Å². The summed E-state index contributed by atoms with van der Waals surface area (Å²) < 4.78 is 0. The number of hydrogen-bond donors (Lipinski definition) is 1. The van der Waals surface area contributed by atoms with Gasteiger partial charge in [-0.05, 0) is 23.6 Å². The molecule has 2 heteroatoms. The molecule has 12 heavy (non-hydrogen) atoms. The zero-order chi connectivity index (χ0) is 9.14. The van der Waals surface area contributed by atoms with Gasteiger partial charge in [0.2, 0.25) is 0 Å². The molecule has 0 saturated heterocycles. The summed E-state index contributed by atoms with van der Waals surface area (Å²) in [7, 11) is 1.84. The van der Waals surface area contributed by atoms with Crippen molar-refractivity contribution in [2.75, 3.05) is 12.1 Å². The van der Waals surface area contributed by atoms with Crippen LogP contribution in [0.5, 0.6) is 0 Å². The van der Waals surface area contributed by atoms with E-state index >= 15 is 0 Å². The fourth-order valence-electron chi connectivity index (χ4n) is 1.09. The Morgan fingerprint density at radius 3 is 2.00 bits per heavy atom. The van der Waals surface area contributed by atoms with Gasteiger partial charge in [-0.3, -0.25) is 0 Å². The minimum Gasteiger partial charge on any atom is -0.314 e. The molecule has 0 spiro atoms. The van der Waals surface area contributed by atoms with E-state index in [1.807, 2.05) is 19.2 Å². The first kappa shape index (κ1) is 9.07. The summed E-state index contributed by atoms with van der Waals surface area (Å²) in [4.78, 5) is 0. The van der Waals surface area contributed by atoms with Crippen LogP contribution >= 0.6 is 0 Å². The Kier molecular flexibility index (Phi) is 2.71. The van der Waals surface area contributed by atoms with Crippen LogP contribution in [0.15, 0.2) is 24.3 Å². The molecular weight excluding hydrogens is 148 g/mol. The summed E-state index contributed by atoms with van der Waals surface area (Å²) in [5.74, 6) is 6.16. The van der Waals surface area contributed by atoms with Gasteiger partial charge in [-0.25, -0.2) is 5.84 Å². The first-order valence-corrected chi connectivity index (χ1v) is 4.19. The van der Waals surface area contributed by atoms with Gasteiger partial charge in [0, 0.05) is 7.05 Å². The van der Waals surface area contributed by atoms with Gasteiger partial charge in [-0.1, -0.05) is 26.0 Å². The molecule has 2 N–H and O–H groups in total. The molecule has 66 valence electrons. The number of benzene rings is 1. The first-order chi connectivity index (χ1) is 5.61. The van der Waals surface area contributed by atoms with Crippen molar-refractivity contribution in [1.82, 2.24) is 0 Å². The molecule has 0 heterocycles. The van der Waals surface area contributed by atoms with Crippen molar-refractivity contribution in [3.8, 4) is 0 Å². The van der Waals surface area contributed by atoms with Gasteiger partial charge in [-0.2, -0.15) is 0 Å². The van der Waals surface area contributed by atoms with Crippen molar-refractivity contribution in [2.45, 2.75) is 19.8 Å². The summed E-state index contributed by atoms with van der Waals surface area (Å²) in [5.41, 5.74) is 2.39. The molecule has 1 aromatic rings. The molecule has 0 amide bonds. The van der Waals surface area contributed by atoms with Gasteiger partial charge in [0.25, 0.3) is 0 Å². The number of hydrogen-bond acceptors (Lipinski definition) is 2. The lowest BCUT2D eigenvalue weighted by Crippen LogP contribution is -2.24. The highest BCUT2D eigenvalue weighted by Crippen LogP contribution is 2.17. The third kappa shape index (κ3) is 1.98. The van der Waals surface area contributed by atoms with E-state index in [1.165, 1.54) is 5.56 Å². The number of nitrogens with zero attached hydrogens (tertiary/aromatic N) is 1. The Hall–Kier alpha value is -1.02. The molecule has 0 fully saturated rings. The van der Waals surface area contributed by atoms with Gasteiger partial charge in [0.05, 0.1) is 5.69 Å². The highest BCUT2D eigenvalue weighted by atomic mass is 15.4. The van der Waals surface area contributed by atoms with E-state index in [-0.39, 0.29) is 0 Å². The maximum absolute atomic E-state index is 5.57. The Morgan fingerprint density at radius 1 is 1.17 bits per heavy atom. The zero-order valence-electron chi connectivity index (χ0n) is 7.91. The quantitative estimate of drug-likeness (QED) is 0.536. The molecule has 1 rings (SSSR count). The maximum atomic E-state index is 5.57. The van der Waals surface area contributed by atoms with Crippen LogP contribution in [-0.2, 0) is 0 Å². The summed E-state index contributed by atoms with van der Waals surface area (Å²) in [6.45, 7) is 4.36. The average molecular weight is 164 g/mol. The molecule has 0 unspecified atom stereocenters. The molecule has 1 aromatic carbocycles. The lowest BCUT2D eigenvalue weighted by molar-refractivity contribution is 0.865. The minimum atomic E-state index is 0.585. The van der Waals surface area contributed by atoms with Gasteiger partial charge in [-0.15, -0.1) is 0 Å². The van der Waals surface area contributed by atoms with Crippen LogP contribution < -0.4 is 10.9 Å². The third-order valence-electron chi connectivity index (χ3n) is 1.97. The normalized spacial score (nSPS) is 10.4. The summed E-state index contributed by atoms with van der Waals surface area (Å²) in [5, 5.41) is 1.62. The van der Waals surface area contributed by atoms with E-state index in [2.05, 4.69) is 26.0 Å². The molecule has 0 radical (unpaired) electrons. The number of rotatable bonds is 2. The second kappa shape index (κ2) is 3.59. The Balaban J connectivity index is 2.86. The Bertz CT molecular complexity index is 210. The molecule has 0 saturated carbocycles. The highest BCUT2D eigenvalue weighted by Gasteiger charge is 1.99. The van der Waals surface area contributed by atoms with Crippen molar-refractivity contribution in [2.24, 2.45) is 5.84 Å². The van der Waals surface area contributed by atoms with Gasteiger partial charge in [0.1, 0.15) is 0 Å². The smallest absolute Gasteiger partial charge is 0.0514 e. The van der Waals surface area contributed by atoms with Crippen molar-refractivity contribution >= 4 is 5.69 Å². The first-order valence-electron chi connectivity index (χ1n) is 4.19. The van der Waals surface area contributed by atoms with Crippen LogP contribution in [0.4, 0.5) is 5.69 Å². The lowest BCUT2D eigenvalue weighted by atomic mass is 10.0. The molecule has 0 atom stereocenters. The summed E-state index contributed by atoms with van der Waals surface area (Å²) in [6.07, 6.45) is 0. The van der Waals surface area contributed by atoms with Crippen molar-refractivity contribution < 1.29 is 0 Å². The molecule has 0 aliphatic rings. The van der Waals surface area contributed by atoms with Gasteiger partial charge < -0.3 is 5.01 Å². The topological polar surface area (TPSA) is 29.3 Å².